The van der Waals surface area contributed by atoms with Crippen molar-refractivity contribution in [2.45, 2.75) is 39.5 Å². The van der Waals surface area contributed by atoms with Gasteiger partial charge in [0, 0.05) is 30.8 Å². The Morgan fingerprint density at radius 1 is 1.19 bits per heavy atom. The second kappa shape index (κ2) is 8.75. The molecule has 2 rings (SSSR count). The molecule has 0 N–H and O–H groups in total. The maximum atomic E-state index is 13.5. The van der Waals surface area contributed by atoms with Crippen LogP contribution in [0.5, 0.6) is 0 Å². The summed E-state index contributed by atoms with van der Waals surface area (Å²) >= 11 is 0. The van der Waals surface area contributed by atoms with Crippen LogP contribution in [0, 0.1) is 0 Å². The summed E-state index contributed by atoms with van der Waals surface area (Å²) in [5.41, 5.74) is 3.59. The summed E-state index contributed by atoms with van der Waals surface area (Å²) in [5, 5.41) is 0. The summed E-state index contributed by atoms with van der Waals surface area (Å²) in [5.74, 6) is -2.11. The molecule has 0 aliphatic heterocycles. The van der Waals surface area contributed by atoms with Crippen molar-refractivity contribution in [2.24, 2.45) is 4.99 Å². The van der Waals surface area contributed by atoms with Gasteiger partial charge in [-0.3, -0.25) is 4.99 Å². The Bertz CT molecular complexity index is 792. The summed E-state index contributed by atoms with van der Waals surface area (Å²) in [6.07, 6.45) is 7.64. The molecule has 2 aromatic rings. The Hall–Kier alpha value is -2.49. The fourth-order valence-corrected chi connectivity index (χ4v) is 2.58. The number of halogens is 2. The van der Waals surface area contributed by atoms with E-state index in [0.717, 1.165) is 47.9 Å². The maximum absolute atomic E-state index is 13.5. The summed E-state index contributed by atoms with van der Waals surface area (Å²) < 4.78 is 32.5. The first-order valence-electron chi connectivity index (χ1n) is 8.75. The number of benzene rings is 1. The lowest BCUT2D eigenvalue weighted by molar-refractivity contribution is 0.0175. The van der Waals surface area contributed by atoms with Crippen LogP contribution in [0.3, 0.4) is 0 Å². The number of rotatable bonds is 7. The van der Waals surface area contributed by atoms with E-state index < -0.39 is 5.92 Å². The summed E-state index contributed by atoms with van der Waals surface area (Å²) in [6, 6.07) is 10.2. The average Bonchev–Trinajstić information content (AvgIpc) is 3.15. The molecule has 4 heteroatoms. The molecule has 0 unspecified atom stereocenters. The molecule has 1 aromatic carbocycles. The Labute approximate surface area is 154 Å². The van der Waals surface area contributed by atoms with Crippen LogP contribution in [0.15, 0.2) is 64.2 Å². The first-order chi connectivity index (χ1) is 12.4. The van der Waals surface area contributed by atoms with Crippen LogP contribution in [0.1, 0.15) is 50.5 Å². The molecule has 0 saturated carbocycles. The van der Waals surface area contributed by atoms with Crippen LogP contribution >= 0.6 is 0 Å². The van der Waals surface area contributed by atoms with Gasteiger partial charge in [-0.25, -0.2) is 8.78 Å². The number of hydrogen-bond acceptors (Lipinski definition) is 2. The normalized spacial score (nSPS) is 14.0. The van der Waals surface area contributed by atoms with Crippen molar-refractivity contribution in [1.82, 2.24) is 0 Å². The smallest absolute Gasteiger partial charge is 0.270 e. The average molecular weight is 357 g/mol. The lowest BCUT2D eigenvalue weighted by atomic mass is 9.97. The Morgan fingerprint density at radius 3 is 2.38 bits per heavy atom. The minimum absolute atomic E-state index is 0.0117. The molecule has 0 atom stereocenters. The molecular formula is C22H25F2NO. The van der Waals surface area contributed by atoms with E-state index in [-0.39, 0.29) is 5.56 Å². The molecule has 0 spiro atoms. The molecule has 26 heavy (non-hydrogen) atoms. The van der Waals surface area contributed by atoms with Crippen LogP contribution < -0.4 is 0 Å². The van der Waals surface area contributed by atoms with Gasteiger partial charge in [0.05, 0.1) is 6.26 Å². The van der Waals surface area contributed by atoms with Gasteiger partial charge in [0.1, 0.15) is 5.76 Å². The van der Waals surface area contributed by atoms with Crippen molar-refractivity contribution >= 4 is 16.9 Å². The number of allylic oxidation sites excluding steroid dienone is 4. The van der Waals surface area contributed by atoms with Crippen LogP contribution in [0.2, 0.25) is 0 Å². The number of furan rings is 1. The first kappa shape index (κ1) is 19.8. The number of unbranched alkanes of at least 4 members (excludes halogenated alkanes) is 1. The Morgan fingerprint density at radius 2 is 1.88 bits per heavy atom. The molecule has 0 aliphatic rings. The van der Waals surface area contributed by atoms with Gasteiger partial charge < -0.3 is 4.42 Å². The molecule has 0 fully saturated rings. The SMILES string of the molecule is CCC/C=C(/C=C(\C(C)=N/C)c1ccco1)c1ccc(C(C)(F)F)cc1. The Kier molecular flexibility index (Phi) is 6.67. The molecule has 0 amide bonds. The highest BCUT2D eigenvalue weighted by atomic mass is 19.3. The standard InChI is InChI=1S/C22H25F2NO/c1-5-6-8-18(17-10-12-19(13-11-17)22(3,23)24)15-20(16(2)25-4)21-9-7-14-26-21/h7-15H,5-6H2,1-4H3/b18-8-,20-15+,25-16-. The third-order valence-corrected chi connectivity index (χ3v) is 4.19. The van der Waals surface area contributed by atoms with Gasteiger partial charge in [-0.15, -0.1) is 0 Å². The molecule has 0 saturated heterocycles. The minimum Gasteiger partial charge on any atom is -0.464 e. The topological polar surface area (TPSA) is 25.5 Å². The van der Waals surface area contributed by atoms with Gasteiger partial charge in [0.2, 0.25) is 0 Å². The van der Waals surface area contributed by atoms with Gasteiger partial charge >= 0.3 is 0 Å². The van der Waals surface area contributed by atoms with Crippen LogP contribution in [-0.2, 0) is 5.92 Å². The highest BCUT2D eigenvalue weighted by molar-refractivity contribution is 6.23. The lowest BCUT2D eigenvalue weighted by Gasteiger charge is -2.12. The molecule has 1 heterocycles. The van der Waals surface area contributed by atoms with E-state index in [1.54, 1.807) is 25.4 Å². The summed E-state index contributed by atoms with van der Waals surface area (Å²) in [7, 11) is 1.74. The predicted octanol–water partition coefficient (Wildman–Crippen LogP) is 6.75. The summed E-state index contributed by atoms with van der Waals surface area (Å²) in [6.45, 7) is 4.93. The van der Waals surface area contributed by atoms with Gasteiger partial charge in [-0.05, 0) is 42.7 Å². The van der Waals surface area contributed by atoms with E-state index in [0.29, 0.717) is 0 Å². The third-order valence-electron chi connectivity index (χ3n) is 4.19. The lowest BCUT2D eigenvalue weighted by Crippen LogP contribution is -2.06. The molecule has 0 radical (unpaired) electrons. The third kappa shape index (κ3) is 5.01. The van der Waals surface area contributed by atoms with Gasteiger partial charge in [-0.2, -0.15) is 0 Å². The van der Waals surface area contributed by atoms with Gasteiger partial charge in [0.15, 0.2) is 0 Å². The molecular weight excluding hydrogens is 332 g/mol. The van der Waals surface area contributed by atoms with Crippen molar-refractivity contribution < 1.29 is 13.2 Å². The van der Waals surface area contributed by atoms with Crippen molar-refractivity contribution in [3.05, 3.63) is 71.7 Å². The van der Waals surface area contributed by atoms with Gasteiger partial charge in [0.25, 0.3) is 5.92 Å². The zero-order valence-electron chi connectivity index (χ0n) is 15.7. The maximum Gasteiger partial charge on any atom is 0.270 e. The van der Waals surface area contributed by atoms with E-state index >= 15 is 0 Å². The number of nitrogens with zero attached hydrogens (tertiary/aromatic N) is 1. The van der Waals surface area contributed by atoms with E-state index in [1.807, 2.05) is 25.1 Å². The predicted molar refractivity (Wildman–Crippen MR) is 105 cm³/mol. The Balaban J connectivity index is 2.50. The van der Waals surface area contributed by atoms with Crippen molar-refractivity contribution in [1.29, 1.82) is 0 Å². The van der Waals surface area contributed by atoms with E-state index in [2.05, 4.69) is 18.0 Å². The molecule has 1 aromatic heterocycles. The molecule has 0 bridgehead atoms. The van der Waals surface area contributed by atoms with E-state index in [9.17, 15) is 8.78 Å². The second-order valence-corrected chi connectivity index (χ2v) is 6.26. The van der Waals surface area contributed by atoms with Crippen LogP contribution in [0.4, 0.5) is 8.78 Å². The second-order valence-electron chi connectivity index (χ2n) is 6.26. The number of aliphatic imine (C=N–C) groups is 1. The number of hydrogen-bond donors (Lipinski definition) is 0. The highest BCUT2D eigenvalue weighted by Crippen LogP contribution is 2.30. The van der Waals surface area contributed by atoms with Crippen molar-refractivity contribution in [3.63, 3.8) is 0 Å². The summed E-state index contributed by atoms with van der Waals surface area (Å²) in [4.78, 5) is 4.28. The van der Waals surface area contributed by atoms with Crippen LogP contribution in [0.25, 0.3) is 11.1 Å². The zero-order valence-corrected chi connectivity index (χ0v) is 15.7. The largest absolute Gasteiger partial charge is 0.464 e. The zero-order chi connectivity index (χ0) is 19.2. The van der Waals surface area contributed by atoms with Crippen molar-refractivity contribution in [2.75, 3.05) is 7.05 Å². The van der Waals surface area contributed by atoms with Crippen LogP contribution in [-0.4, -0.2) is 12.8 Å². The molecule has 0 aliphatic carbocycles. The van der Waals surface area contributed by atoms with E-state index in [1.165, 1.54) is 12.1 Å². The van der Waals surface area contributed by atoms with Gasteiger partial charge in [-0.1, -0.05) is 43.7 Å². The number of alkyl halides is 2. The fraction of sp³-hybridized carbons (Fsp3) is 0.318. The minimum atomic E-state index is -2.84. The highest BCUT2D eigenvalue weighted by Gasteiger charge is 2.23. The fourth-order valence-electron chi connectivity index (χ4n) is 2.58. The molecule has 138 valence electrons. The monoisotopic (exact) mass is 357 g/mol. The quantitative estimate of drug-likeness (QED) is 0.397. The van der Waals surface area contributed by atoms with Crippen molar-refractivity contribution in [3.8, 4) is 0 Å². The first-order valence-corrected chi connectivity index (χ1v) is 8.75. The van der Waals surface area contributed by atoms with E-state index in [4.69, 9.17) is 4.42 Å². The molecule has 2 nitrogen and oxygen atoms in total.